The average molecular weight is 275 g/mol. The lowest BCUT2D eigenvalue weighted by Gasteiger charge is -2.16. The summed E-state index contributed by atoms with van der Waals surface area (Å²) in [5.74, 6) is -0.180. The molecule has 1 aromatic rings. The number of hydrogen-bond donors (Lipinski definition) is 0. The zero-order chi connectivity index (χ0) is 13.8. The molecule has 1 aliphatic rings. The number of carbonyl (C=O) groups excluding carboxylic acids is 1. The SMILES string of the molecule is CCN(C)c1ccc(N=C2C=CC(=O)C(Cl)=C2)cc1. The molecular formula is C15H15ClN2O. The van der Waals surface area contributed by atoms with E-state index in [1.165, 1.54) is 6.08 Å². The van der Waals surface area contributed by atoms with E-state index >= 15 is 0 Å². The fourth-order valence-corrected chi connectivity index (χ4v) is 1.85. The molecule has 0 unspecified atom stereocenters. The van der Waals surface area contributed by atoms with Crippen molar-refractivity contribution < 1.29 is 4.79 Å². The van der Waals surface area contributed by atoms with Gasteiger partial charge in [-0.2, -0.15) is 0 Å². The molecule has 0 heterocycles. The third kappa shape index (κ3) is 3.32. The molecule has 0 spiro atoms. The lowest BCUT2D eigenvalue weighted by atomic mass is 10.1. The lowest BCUT2D eigenvalue weighted by molar-refractivity contribution is -0.110. The molecule has 0 aliphatic heterocycles. The van der Waals surface area contributed by atoms with Gasteiger partial charge in [0.25, 0.3) is 0 Å². The molecule has 0 bridgehead atoms. The minimum absolute atomic E-state index is 0.180. The third-order valence-corrected chi connectivity index (χ3v) is 3.23. The van der Waals surface area contributed by atoms with Gasteiger partial charge < -0.3 is 4.90 Å². The Labute approximate surface area is 117 Å². The first-order valence-corrected chi connectivity index (χ1v) is 6.47. The standard InChI is InChI=1S/C15H15ClN2O/c1-3-18(2)13-7-4-11(5-8-13)17-12-6-9-15(19)14(16)10-12/h4-10H,3H2,1-2H3. The zero-order valence-corrected chi connectivity index (χ0v) is 11.7. The number of ketones is 1. The molecule has 0 N–H and O–H groups in total. The topological polar surface area (TPSA) is 32.7 Å². The van der Waals surface area contributed by atoms with Crippen LogP contribution in [0.3, 0.4) is 0 Å². The van der Waals surface area contributed by atoms with Crippen molar-refractivity contribution in [3.63, 3.8) is 0 Å². The summed E-state index contributed by atoms with van der Waals surface area (Å²) in [4.78, 5) is 17.8. The number of rotatable bonds is 3. The number of benzene rings is 1. The summed E-state index contributed by atoms with van der Waals surface area (Å²) in [6.07, 6.45) is 4.68. The van der Waals surface area contributed by atoms with Crippen LogP contribution in [-0.4, -0.2) is 25.1 Å². The summed E-state index contributed by atoms with van der Waals surface area (Å²) in [7, 11) is 2.04. The average Bonchev–Trinajstić information content (AvgIpc) is 2.43. The quantitative estimate of drug-likeness (QED) is 0.791. The van der Waals surface area contributed by atoms with Crippen molar-refractivity contribution in [3.05, 3.63) is 47.5 Å². The van der Waals surface area contributed by atoms with Gasteiger partial charge in [-0.15, -0.1) is 0 Å². The maximum atomic E-state index is 11.2. The Morgan fingerprint density at radius 1 is 1.21 bits per heavy atom. The van der Waals surface area contributed by atoms with E-state index in [-0.39, 0.29) is 10.8 Å². The predicted molar refractivity (Wildman–Crippen MR) is 80.6 cm³/mol. The smallest absolute Gasteiger partial charge is 0.197 e. The van der Waals surface area contributed by atoms with Crippen LogP contribution in [0.15, 0.2) is 52.5 Å². The minimum Gasteiger partial charge on any atom is -0.375 e. The van der Waals surface area contributed by atoms with Crippen molar-refractivity contribution in [2.45, 2.75) is 6.92 Å². The Balaban J connectivity index is 2.20. The van der Waals surface area contributed by atoms with E-state index in [9.17, 15) is 4.79 Å². The van der Waals surface area contributed by atoms with E-state index in [0.717, 1.165) is 17.9 Å². The molecule has 1 aliphatic carbocycles. The fraction of sp³-hybridized carbons (Fsp3) is 0.200. The van der Waals surface area contributed by atoms with Crippen molar-refractivity contribution in [3.8, 4) is 0 Å². The van der Waals surface area contributed by atoms with Crippen molar-refractivity contribution in [2.24, 2.45) is 4.99 Å². The predicted octanol–water partition coefficient (Wildman–Crippen LogP) is 3.48. The van der Waals surface area contributed by atoms with Gasteiger partial charge in [0.2, 0.25) is 0 Å². The summed E-state index contributed by atoms with van der Waals surface area (Å²) in [5, 5.41) is 0.198. The number of allylic oxidation sites excluding steroid dienone is 4. The van der Waals surface area contributed by atoms with Crippen LogP contribution in [0.5, 0.6) is 0 Å². The van der Waals surface area contributed by atoms with Crippen LogP contribution in [0.25, 0.3) is 0 Å². The van der Waals surface area contributed by atoms with Crippen LogP contribution in [-0.2, 0) is 4.79 Å². The number of aliphatic imine (C=N–C) groups is 1. The monoisotopic (exact) mass is 274 g/mol. The second kappa shape index (κ2) is 5.85. The summed E-state index contributed by atoms with van der Waals surface area (Å²) < 4.78 is 0. The molecule has 4 heteroatoms. The van der Waals surface area contributed by atoms with Crippen molar-refractivity contribution in [1.29, 1.82) is 0 Å². The van der Waals surface area contributed by atoms with Crippen molar-refractivity contribution in [1.82, 2.24) is 0 Å². The molecule has 0 aromatic heterocycles. The second-order valence-corrected chi connectivity index (χ2v) is 4.66. The molecule has 19 heavy (non-hydrogen) atoms. The van der Waals surface area contributed by atoms with Gasteiger partial charge in [-0.25, -0.2) is 4.99 Å². The van der Waals surface area contributed by atoms with E-state index in [1.807, 2.05) is 31.3 Å². The molecule has 0 atom stereocenters. The van der Waals surface area contributed by atoms with Crippen LogP contribution < -0.4 is 4.90 Å². The molecule has 98 valence electrons. The zero-order valence-electron chi connectivity index (χ0n) is 10.9. The van der Waals surface area contributed by atoms with Gasteiger partial charge in [-0.05, 0) is 49.4 Å². The van der Waals surface area contributed by atoms with Gasteiger partial charge >= 0.3 is 0 Å². The van der Waals surface area contributed by atoms with Crippen LogP contribution in [0.1, 0.15) is 6.92 Å². The van der Waals surface area contributed by atoms with Crippen LogP contribution >= 0.6 is 11.6 Å². The van der Waals surface area contributed by atoms with Crippen LogP contribution in [0.4, 0.5) is 11.4 Å². The first kappa shape index (κ1) is 13.6. The summed E-state index contributed by atoms with van der Waals surface area (Å²) in [5.41, 5.74) is 2.67. The maximum absolute atomic E-state index is 11.2. The maximum Gasteiger partial charge on any atom is 0.197 e. The van der Waals surface area contributed by atoms with Gasteiger partial charge in [0.15, 0.2) is 5.78 Å². The highest BCUT2D eigenvalue weighted by molar-refractivity contribution is 6.47. The summed E-state index contributed by atoms with van der Waals surface area (Å²) >= 11 is 5.79. The number of halogens is 1. The number of carbonyl (C=O) groups is 1. The van der Waals surface area contributed by atoms with Gasteiger partial charge in [0, 0.05) is 19.3 Å². The van der Waals surface area contributed by atoms with E-state index in [2.05, 4.69) is 16.8 Å². The number of hydrogen-bond acceptors (Lipinski definition) is 3. The minimum atomic E-state index is -0.180. The van der Waals surface area contributed by atoms with E-state index in [1.54, 1.807) is 12.2 Å². The molecule has 0 saturated heterocycles. The first-order valence-electron chi connectivity index (χ1n) is 6.09. The van der Waals surface area contributed by atoms with E-state index in [4.69, 9.17) is 11.6 Å². The molecule has 0 saturated carbocycles. The highest BCUT2D eigenvalue weighted by atomic mass is 35.5. The Morgan fingerprint density at radius 2 is 1.89 bits per heavy atom. The van der Waals surface area contributed by atoms with Gasteiger partial charge in [-0.1, -0.05) is 11.6 Å². The van der Waals surface area contributed by atoms with Crippen LogP contribution in [0.2, 0.25) is 0 Å². The molecule has 0 fully saturated rings. The van der Waals surface area contributed by atoms with Gasteiger partial charge in [-0.3, -0.25) is 4.79 Å². The van der Waals surface area contributed by atoms with Gasteiger partial charge in [0.1, 0.15) is 0 Å². The highest BCUT2D eigenvalue weighted by Crippen LogP contribution is 2.20. The second-order valence-electron chi connectivity index (χ2n) is 4.26. The van der Waals surface area contributed by atoms with Crippen molar-refractivity contribution >= 4 is 34.5 Å². The Kier molecular flexibility index (Phi) is 4.17. The molecule has 0 amide bonds. The Hall–Kier alpha value is -1.87. The van der Waals surface area contributed by atoms with Gasteiger partial charge in [0.05, 0.1) is 16.4 Å². The largest absolute Gasteiger partial charge is 0.375 e. The Morgan fingerprint density at radius 3 is 2.47 bits per heavy atom. The van der Waals surface area contributed by atoms with Crippen LogP contribution in [0, 0.1) is 0 Å². The number of nitrogens with zero attached hydrogens (tertiary/aromatic N) is 2. The number of anilines is 1. The Bertz CT molecular complexity index is 570. The molecule has 3 nitrogen and oxygen atoms in total. The molecule has 1 aromatic carbocycles. The van der Waals surface area contributed by atoms with E-state index in [0.29, 0.717) is 5.71 Å². The fourth-order valence-electron chi connectivity index (χ4n) is 1.67. The third-order valence-electron chi connectivity index (χ3n) is 2.94. The van der Waals surface area contributed by atoms with Crippen molar-refractivity contribution in [2.75, 3.05) is 18.5 Å². The summed E-state index contributed by atoms with van der Waals surface area (Å²) in [6, 6.07) is 7.93. The highest BCUT2D eigenvalue weighted by Gasteiger charge is 2.09. The molecule has 0 radical (unpaired) electrons. The van der Waals surface area contributed by atoms with E-state index < -0.39 is 0 Å². The molecular weight excluding hydrogens is 260 g/mol. The lowest BCUT2D eigenvalue weighted by Crippen LogP contribution is -2.15. The normalized spacial score (nSPS) is 16.7. The summed E-state index contributed by atoms with van der Waals surface area (Å²) in [6.45, 7) is 3.06. The first-order chi connectivity index (χ1) is 9.10. The molecule has 2 rings (SSSR count).